The Bertz CT molecular complexity index is 2390. The van der Waals surface area contributed by atoms with Crippen molar-refractivity contribution >= 4 is 80.9 Å². The van der Waals surface area contributed by atoms with Crippen LogP contribution in [0, 0.1) is 11.5 Å². The van der Waals surface area contributed by atoms with Crippen molar-refractivity contribution in [2.24, 2.45) is 0 Å². The minimum Gasteiger partial charge on any atom is -0.344 e. The van der Waals surface area contributed by atoms with E-state index in [1.165, 1.54) is 18.6 Å². The van der Waals surface area contributed by atoms with Gasteiger partial charge in [0.1, 0.15) is 19.4 Å². The molecule has 272 valence electrons. The number of aromatic amines is 2. The fraction of sp³-hybridized carbons (Fsp3) is 0.143. The summed E-state index contributed by atoms with van der Waals surface area (Å²) in [6, 6.07) is 7.87. The number of amides is 4. The van der Waals surface area contributed by atoms with Crippen LogP contribution in [0.1, 0.15) is 16.7 Å². The Morgan fingerprint density at radius 3 is 1.58 bits per heavy atom. The van der Waals surface area contributed by atoms with Crippen molar-refractivity contribution in [3.63, 3.8) is 0 Å². The maximum atomic E-state index is 14.4. The number of carbonyl (C=O) groups excluding carboxylic acids is 2. The molecule has 0 aliphatic heterocycles. The van der Waals surface area contributed by atoms with Gasteiger partial charge in [-0.2, -0.15) is 36.4 Å². The number of hydrogen-bond donors (Lipinski definition) is 4. The Morgan fingerprint density at radius 1 is 0.717 bits per heavy atom. The van der Waals surface area contributed by atoms with E-state index in [0.717, 1.165) is 24.3 Å². The second kappa shape index (κ2) is 14.0. The number of benzene rings is 2. The predicted molar refractivity (Wildman–Crippen MR) is 196 cm³/mol. The Hall–Kier alpha value is -5.80. The molecule has 2 aromatic carbocycles. The fourth-order valence-corrected chi connectivity index (χ4v) is 5.93. The van der Waals surface area contributed by atoms with Crippen molar-refractivity contribution in [2.75, 3.05) is 20.7 Å². The van der Waals surface area contributed by atoms with E-state index in [4.69, 9.17) is 0 Å². The highest BCUT2D eigenvalue weighted by Gasteiger charge is 2.35. The predicted octanol–water partition coefficient (Wildman–Crippen LogP) is 10.2. The molecule has 6 aromatic rings. The number of anilines is 4. The van der Waals surface area contributed by atoms with Gasteiger partial charge in [0.15, 0.2) is 0 Å². The van der Waals surface area contributed by atoms with Crippen LogP contribution in [0.25, 0.3) is 22.1 Å². The average Bonchev–Trinajstić information content (AvgIpc) is 3.68. The van der Waals surface area contributed by atoms with Gasteiger partial charge >= 0.3 is 24.4 Å². The van der Waals surface area contributed by atoms with Crippen LogP contribution < -0.4 is 20.7 Å². The van der Waals surface area contributed by atoms with E-state index in [-0.39, 0.29) is 22.7 Å². The molecular weight excluding hydrogens is 786 g/mol. The van der Waals surface area contributed by atoms with Crippen molar-refractivity contribution in [3.05, 3.63) is 107 Å². The van der Waals surface area contributed by atoms with Crippen LogP contribution >= 0.6 is 15.9 Å². The number of urea groups is 2. The number of nitrogens with one attached hydrogen (secondary N) is 4. The van der Waals surface area contributed by atoms with Crippen LogP contribution in [-0.2, 0) is 12.4 Å². The molecule has 4 N–H and O–H groups in total. The molecule has 4 heterocycles. The summed E-state index contributed by atoms with van der Waals surface area (Å²) in [6.45, 7) is 6.20. The first-order valence-corrected chi connectivity index (χ1v) is 19.9. The average molecular weight is 814 g/mol. The highest BCUT2D eigenvalue weighted by atomic mass is 79.9. The second-order valence-electron chi connectivity index (χ2n) is 12.6. The lowest BCUT2D eigenvalue weighted by atomic mass is 10.2. The molecule has 4 aromatic heterocycles. The van der Waals surface area contributed by atoms with Gasteiger partial charge in [-0.1, -0.05) is 25.6 Å². The van der Waals surface area contributed by atoms with Crippen molar-refractivity contribution < 1.29 is 35.9 Å². The van der Waals surface area contributed by atoms with Crippen molar-refractivity contribution in [3.8, 4) is 11.5 Å². The molecule has 0 atom stereocenters. The topological polar surface area (TPSA) is 122 Å². The summed E-state index contributed by atoms with van der Waals surface area (Å²) >= 11 is 3.32. The number of halogens is 7. The smallest absolute Gasteiger partial charge is 0.344 e. The third kappa shape index (κ3) is 8.31. The first kappa shape index (κ1) is 37.0. The maximum absolute atomic E-state index is 14.4. The Morgan fingerprint density at radius 2 is 1.15 bits per heavy atom. The zero-order valence-electron chi connectivity index (χ0n) is 27.8. The lowest BCUT2D eigenvalue weighted by molar-refractivity contribution is -0.138. The van der Waals surface area contributed by atoms with Crippen LogP contribution in [0.5, 0.6) is 0 Å². The molecule has 0 unspecified atom stereocenters. The summed E-state index contributed by atoms with van der Waals surface area (Å²) in [5.74, 6) is 3.09. The van der Waals surface area contributed by atoms with E-state index in [1.54, 1.807) is 18.3 Å². The molecule has 0 aliphatic carbocycles. The number of nitrogens with zero attached hydrogens (tertiary/aromatic N) is 4. The Labute approximate surface area is 306 Å². The molecule has 0 saturated carbocycles. The van der Waals surface area contributed by atoms with Gasteiger partial charge in [0, 0.05) is 45.6 Å². The molecule has 4 amide bonds. The molecule has 10 nitrogen and oxygen atoms in total. The minimum absolute atomic E-state index is 0.173. The van der Waals surface area contributed by atoms with Crippen molar-refractivity contribution in [1.29, 1.82) is 0 Å². The highest BCUT2D eigenvalue weighted by Crippen LogP contribution is 2.35. The number of pyridine rings is 2. The summed E-state index contributed by atoms with van der Waals surface area (Å²) < 4.78 is 82.1. The van der Waals surface area contributed by atoms with Crippen molar-refractivity contribution in [1.82, 2.24) is 19.9 Å². The van der Waals surface area contributed by atoms with Gasteiger partial charge in [0.2, 0.25) is 0 Å². The molecule has 0 radical (unpaired) electrons. The number of fused-ring (bicyclic) bond motifs is 2. The molecular formula is C35H27BrF6N8O2Si. The molecule has 18 heteroatoms. The van der Waals surface area contributed by atoms with Crippen LogP contribution in [0.2, 0.25) is 19.6 Å². The first-order chi connectivity index (χ1) is 24.9. The van der Waals surface area contributed by atoms with E-state index < -0.39 is 43.6 Å². The van der Waals surface area contributed by atoms with Gasteiger partial charge in [-0.25, -0.2) is 19.6 Å². The number of alkyl halides is 6. The van der Waals surface area contributed by atoms with Crippen LogP contribution in [0.3, 0.4) is 0 Å². The summed E-state index contributed by atoms with van der Waals surface area (Å²) in [4.78, 5) is 43.1. The zero-order chi connectivity index (χ0) is 38.3. The van der Waals surface area contributed by atoms with Gasteiger partial charge in [0.05, 0.1) is 33.9 Å². The van der Waals surface area contributed by atoms with Gasteiger partial charge in [-0.05, 0) is 76.6 Å². The van der Waals surface area contributed by atoms with E-state index in [2.05, 4.69) is 77.6 Å². The molecule has 53 heavy (non-hydrogen) atoms. The second-order valence-corrected chi connectivity index (χ2v) is 18.3. The largest absolute Gasteiger partial charge is 0.416 e. The third-order valence-corrected chi connectivity index (χ3v) is 8.87. The first-order valence-electron chi connectivity index (χ1n) is 15.6. The molecule has 0 aliphatic rings. The number of rotatable bonds is 4. The Balaban J connectivity index is 1.47. The quantitative estimate of drug-likeness (QED) is 0.0613. The zero-order valence-corrected chi connectivity index (χ0v) is 30.4. The molecule has 6 rings (SSSR count). The number of H-pyrrole nitrogens is 2. The maximum Gasteiger partial charge on any atom is 0.416 e. The summed E-state index contributed by atoms with van der Waals surface area (Å²) in [5.41, 5.74) is 2.32. The van der Waals surface area contributed by atoms with Crippen LogP contribution in [0.15, 0.2) is 89.9 Å². The van der Waals surface area contributed by atoms with E-state index in [0.29, 0.717) is 66.4 Å². The molecule has 0 bridgehead atoms. The summed E-state index contributed by atoms with van der Waals surface area (Å²) in [6.07, 6.45) is -3.56. The van der Waals surface area contributed by atoms with Gasteiger partial charge in [0.25, 0.3) is 0 Å². The SMILES string of the molecule is C[Si](C)(C)C#Cc1cnc2[nH]cc(NC(=O)N(c3ccc(C(F)(F)F)cc3)N(C(=O)Nc3c[nH]c4ncc(Br)cc34)c3ccc(C(F)(F)F)cc3)c2c1. The standard InChI is InChI=1S/C35H27BrF6N8O2Si/c1-53(2,3)13-12-20-14-26-28(18-45-30(26)43-16-20)47-32(51)49(24-8-4-21(5-9-24)34(37,38)39)50(25-10-6-22(7-11-25)35(40,41)42)33(52)48-29-19-46-31-27(29)15-23(36)17-44-31/h4-11,14-19H,1-3H3,(H,43,45)(H,44,46)(H,47,51)(H,48,52). The fourth-order valence-electron chi connectivity index (χ4n) is 5.08. The van der Waals surface area contributed by atoms with Crippen LogP contribution in [0.4, 0.5) is 58.7 Å². The monoisotopic (exact) mass is 812 g/mol. The van der Waals surface area contributed by atoms with Crippen molar-refractivity contribution in [2.45, 2.75) is 32.0 Å². The van der Waals surface area contributed by atoms with E-state index in [1.807, 2.05) is 0 Å². The molecule has 0 fully saturated rings. The highest BCUT2D eigenvalue weighted by molar-refractivity contribution is 9.10. The van der Waals surface area contributed by atoms with E-state index in [9.17, 15) is 35.9 Å². The van der Waals surface area contributed by atoms with Gasteiger partial charge in [-0.3, -0.25) is 0 Å². The minimum atomic E-state index is -4.74. The van der Waals surface area contributed by atoms with Crippen LogP contribution in [-0.4, -0.2) is 40.1 Å². The Kier molecular flexibility index (Phi) is 9.74. The lowest BCUT2D eigenvalue weighted by Gasteiger charge is -2.34. The number of carbonyl (C=O) groups is 2. The third-order valence-electron chi connectivity index (χ3n) is 7.56. The summed E-state index contributed by atoms with van der Waals surface area (Å²) in [7, 11) is -1.77. The number of aromatic nitrogens is 4. The number of hydrazine groups is 1. The van der Waals surface area contributed by atoms with Gasteiger partial charge < -0.3 is 20.6 Å². The lowest BCUT2D eigenvalue weighted by Crippen LogP contribution is -2.54. The summed E-state index contributed by atoms with van der Waals surface area (Å²) in [5, 5.41) is 7.60. The van der Waals surface area contributed by atoms with E-state index >= 15 is 0 Å². The van der Waals surface area contributed by atoms with Gasteiger partial charge in [-0.15, -0.1) is 5.54 Å². The number of hydrogen-bond acceptors (Lipinski definition) is 4. The molecule has 0 spiro atoms. The molecule has 0 saturated heterocycles. The normalized spacial score (nSPS) is 12.0.